The molecule has 0 saturated heterocycles. The standard InChI is InChI=1S/C12H25N3O/c1-3-7-14-11(16)15-12(9-13)6-4-5-10(2)8-12/h10H,3-9,13H2,1-2H3,(H2,14,15,16). The molecule has 4 nitrogen and oxygen atoms in total. The van der Waals surface area contributed by atoms with Crippen LogP contribution >= 0.6 is 0 Å². The molecule has 1 aliphatic rings. The van der Waals surface area contributed by atoms with E-state index < -0.39 is 0 Å². The summed E-state index contributed by atoms with van der Waals surface area (Å²) in [5.74, 6) is 0.656. The minimum absolute atomic E-state index is 0.0681. The van der Waals surface area contributed by atoms with E-state index in [4.69, 9.17) is 5.73 Å². The summed E-state index contributed by atoms with van der Waals surface area (Å²) in [5.41, 5.74) is 5.66. The third kappa shape index (κ3) is 3.67. The molecule has 2 atom stereocenters. The van der Waals surface area contributed by atoms with Crippen molar-refractivity contribution in [3.8, 4) is 0 Å². The highest BCUT2D eigenvalue weighted by Crippen LogP contribution is 2.31. The summed E-state index contributed by atoms with van der Waals surface area (Å²) in [5, 5.41) is 5.92. The summed E-state index contributed by atoms with van der Waals surface area (Å²) in [6.07, 6.45) is 5.38. The molecule has 0 radical (unpaired) electrons. The summed E-state index contributed by atoms with van der Waals surface area (Å²) in [6, 6.07) is -0.0681. The fraction of sp³-hybridized carbons (Fsp3) is 0.917. The lowest BCUT2D eigenvalue weighted by molar-refractivity contribution is 0.184. The third-order valence-corrected chi connectivity index (χ3v) is 3.40. The Bertz CT molecular complexity index is 232. The smallest absolute Gasteiger partial charge is 0.315 e. The van der Waals surface area contributed by atoms with Crippen molar-refractivity contribution in [1.29, 1.82) is 0 Å². The van der Waals surface area contributed by atoms with Crippen LogP contribution in [-0.4, -0.2) is 24.7 Å². The number of nitrogens with two attached hydrogens (primary N) is 1. The maximum absolute atomic E-state index is 11.7. The predicted octanol–water partition coefficient (Wildman–Crippen LogP) is 1.60. The van der Waals surface area contributed by atoms with E-state index in [9.17, 15) is 4.79 Å². The molecule has 0 bridgehead atoms. The lowest BCUT2D eigenvalue weighted by atomic mass is 9.76. The monoisotopic (exact) mass is 227 g/mol. The Morgan fingerprint density at radius 1 is 1.56 bits per heavy atom. The molecule has 1 fully saturated rings. The van der Waals surface area contributed by atoms with Crippen molar-refractivity contribution in [3.63, 3.8) is 0 Å². The van der Waals surface area contributed by atoms with Crippen LogP contribution in [0.25, 0.3) is 0 Å². The quantitative estimate of drug-likeness (QED) is 0.683. The van der Waals surface area contributed by atoms with Gasteiger partial charge in [0.1, 0.15) is 0 Å². The van der Waals surface area contributed by atoms with E-state index in [-0.39, 0.29) is 11.6 Å². The fourth-order valence-electron chi connectivity index (χ4n) is 2.53. The molecule has 0 aliphatic heterocycles. The van der Waals surface area contributed by atoms with Crippen LogP contribution in [0.4, 0.5) is 4.79 Å². The first kappa shape index (κ1) is 13.3. The lowest BCUT2D eigenvalue weighted by Gasteiger charge is -2.39. The van der Waals surface area contributed by atoms with Crippen LogP contribution in [0.5, 0.6) is 0 Å². The third-order valence-electron chi connectivity index (χ3n) is 3.40. The first-order valence-electron chi connectivity index (χ1n) is 6.38. The number of carbonyl (C=O) groups excluding carboxylic acids is 1. The Morgan fingerprint density at radius 3 is 2.88 bits per heavy atom. The van der Waals surface area contributed by atoms with E-state index in [0.717, 1.165) is 32.2 Å². The lowest BCUT2D eigenvalue weighted by Crippen LogP contribution is -2.58. The SMILES string of the molecule is CCCNC(=O)NC1(CN)CCCC(C)C1. The topological polar surface area (TPSA) is 67.2 Å². The Kier molecular flexibility index (Phi) is 5.06. The van der Waals surface area contributed by atoms with Crippen molar-refractivity contribution < 1.29 is 4.79 Å². The van der Waals surface area contributed by atoms with Gasteiger partial charge in [0.25, 0.3) is 0 Å². The summed E-state index contributed by atoms with van der Waals surface area (Å²) >= 11 is 0. The van der Waals surface area contributed by atoms with Gasteiger partial charge in [-0.05, 0) is 25.2 Å². The number of amides is 2. The van der Waals surface area contributed by atoms with Gasteiger partial charge >= 0.3 is 6.03 Å². The average molecular weight is 227 g/mol. The van der Waals surface area contributed by atoms with E-state index in [0.29, 0.717) is 12.5 Å². The summed E-state index contributed by atoms with van der Waals surface area (Å²) < 4.78 is 0. The fourth-order valence-corrected chi connectivity index (χ4v) is 2.53. The van der Waals surface area contributed by atoms with E-state index >= 15 is 0 Å². The van der Waals surface area contributed by atoms with Gasteiger partial charge in [0.15, 0.2) is 0 Å². The average Bonchev–Trinajstić information content (AvgIpc) is 2.26. The second kappa shape index (κ2) is 6.09. The predicted molar refractivity (Wildman–Crippen MR) is 66.2 cm³/mol. The van der Waals surface area contributed by atoms with Gasteiger partial charge in [-0.25, -0.2) is 4.79 Å². The van der Waals surface area contributed by atoms with Gasteiger partial charge in [-0.2, -0.15) is 0 Å². The molecule has 0 heterocycles. The number of urea groups is 1. The molecule has 94 valence electrons. The summed E-state index contributed by atoms with van der Waals surface area (Å²) in [4.78, 5) is 11.7. The van der Waals surface area contributed by atoms with Crippen LogP contribution in [0.1, 0.15) is 46.0 Å². The second-order valence-electron chi connectivity index (χ2n) is 5.07. The van der Waals surface area contributed by atoms with E-state index in [1.807, 2.05) is 6.92 Å². The van der Waals surface area contributed by atoms with Gasteiger partial charge in [-0.15, -0.1) is 0 Å². The van der Waals surface area contributed by atoms with Crippen molar-refractivity contribution >= 4 is 6.03 Å². The maximum Gasteiger partial charge on any atom is 0.315 e. The van der Waals surface area contributed by atoms with E-state index in [2.05, 4.69) is 17.6 Å². The van der Waals surface area contributed by atoms with Gasteiger partial charge < -0.3 is 16.4 Å². The molecular formula is C12H25N3O. The van der Waals surface area contributed by atoms with E-state index in [1.54, 1.807) is 0 Å². The summed E-state index contributed by atoms with van der Waals surface area (Å²) in [7, 11) is 0. The highest BCUT2D eigenvalue weighted by Gasteiger charge is 2.34. The first-order valence-corrected chi connectivity index (χ1v) is 6.38. The Hall–Kier alpha value is -0.770. The minimum atomic E-state index is -0.171. The molecule has 1 aliphatic carbocycles. The van der Waals surface area contributed by atoms with Crippen molar-refractivity contribution in [2.45, 2.75) is 51.5 Å². The molecule has 0 aromatic rings. The molecule has 1 saturated carbocycles. The number of carbonyl (C=O) groups is 1. The highest BCUT2D eigenvalue weighted by atomic mass is 16.2. The summed E-state index contributed by atoms with van der Waals surface area (Å²) in [6.45, 7) is 5.54. The normalized spacial score (nSPS) is 29.8. The van der Waals surface area contributed by atoms with Gasteiger partial charge in [-0.3, -0.25) is 0 Å². The highest BCUT2D eigenvalue weighted by molar-refractivity contribution is 5.74. The van der Waals surface area contributed by atoms with E-state index in [1.165, 1.54) is 6.42 Å². The molecule has 16 heavy (non-hydrogen) atoms. The number of rotatable bonds is 4. The van der Waals surface area contributed by atoms with Crippen LogP contribution in [0.3, 0.4) is 0 Å². The molecule has 0 spiro atoms. The molecule has 2 amide bonds. The van der Waals surface area contributed by atoms with Gasteiger partial charge in [0.05, 0.1) is 5.54 Å². The molecule has 0 aromatic heterocycles. The molecule has 4 heteroatoms. The largest absolute Gasteiger partial charge is 0.338 e. The number of hydrogen-bond donors (Lipinski definition) is 3. The van der Waals surface area contributed by atoms with Crippen LogP contribution in [0.2, 0.25) is 0 Å². The molecule has 1 rings (SSSR count). The maximum atomic E-state index is 11.7. The number of hydrogen-bond acceptors (Lipinski definition) is 2. The zero-order chi connectivity index (χ0) is 12.0. The van der Waals surface area contributed by atoms with Gasteiger partial charge in [-0.1, -0.05) is 26.7 Å². The van der Waals surface area contributed by atoms with Crippen molar-refractivity contribution in [2.75, 3.05) is 13.1 Å². The molecule has 2 unspecified atom stereocenters. The first-order chi connectivity index (χ1) is 7.62. The Morgan fingerprint density at radius 2 is 2.31 bits per heavy atom. The zero-order valence-corrected chi connectivity index (χ0v) is 10.5. The Balaban J connectivity index is 2.49. The van der Waals surface area contributed by atoms with Crippen molar-refractivity contribution in [1.82, 2.24) is 10.6 Å². The van der Waals surface area contributed by atoms with Crippen LogP contribution in [-0.2, 0) is 0 Å². The van der Waals surface area contributed by atoms with Crippen LogP contribution < -0.4 is 16.4 Å². The van der Waals surface area contributed by atoms with Crippen LogP contribution in [0, 0.1) is 5.92 Å². The minimum Gasteiger partial charge on any atom is -0.338 e. The van der Waals surface area contributed by atoms with Gasteiger partial charge in [0, 0.05) is 13.1 Å². The Labute approximate surface area is 98.3 Å². The zero-order valence-electron chi connectivity index (χ0n) is 10.5. The molecule has 4 N–H and O–H groups in total. The molecular weight excluding hydrogens is 202 g/mol. The van der Waals surface area contributed by atoms with Crippen molar-refractivity contribution in [2.24, 2.45) is 11.7 Å². The van der Waals surface area contributed by atoms with Crippen LogP contribution in [0.15, 0.2) is 0 Å². The molecule has 0 aromatic carbocycles. The number of nitrogens with one attached hydrogen (secondary N) is 2. The second-order valence-corrected chi connectivity index (χ2v) is 5.07. The van der Waals surface area contributed by atoms with Gasteiger partial charge in [0.2, 0.25) is 0 Å². The van der Waals surface area contributed by atoms with Crippen molar-refractivity contribution in [3.05, 3.63) is 0 Å².